The maximum Gasteiger partial charge on any atom is 0.416 e. The summed E-state index contributed by atoms with van der Waals surface area (Å²) in [5.74, 6) is 0.997. The minimum Gasteiger partial charge on any atom is -0.394 e. The van der Waals surface area contributed by atoms with Crippen LogP contribution < -0.4 is 0 Å². The van der Waals surface area contributed by atoms with Crippen molar-refractivity contribution in [3.8, 4) is 0 Å². The van der Waals surface area contributed by atoms with Gasteiger partial charge in [-0.05, 0) is 41.9 Å². The molecule has 0 spiro atoms. The molecular formula is C16H22F3NO2S2. The van der Waals surface area contributed by atoms with Crippen LogP contribution in [0.2, 0.25) is 0 Å². The molecule has 1 rings (SSSR count). The van der Waals surface area contributed by atoms with E-state index in [0.717, 1.165) is 17.9 Å². The van der Waals surface area contributed by atoms with Crippen LogP contribution in [0.25, 0.3) is 0 Å². The summed E-state index contributed by atoms with van der Waals surface area (Å²) in [5, 5.41) is 9.60. The van der Waals surface area contributed by atoms with Crippen molar-refractivity contribution in [2.45, 2.75) is 31.6 Å². The highest BCUT2D eigenvalue weighted by Gasteiger charge is 2.30. The largest absolute Gasteiger partial charge is 0.416 e. The molecule has 24 heavy (non-hydrogen) atoms. The Hall–Kier alpha value is -0.860. The molecule has 0 aliphatic carbocycles. The smallest absolute Gasteiger partial charge is 0.394 e. The number of carbonyl (C=O) groups excluding carboxylic acids is 1. The number of carbonyl (C=O) groups is 1. The first-order valence-electron chi connectivity index (χ1n) is 7.49. The molecule has 0 unspecified atom stereocenters. The van der Waals surface area contributed by atoms with Crippen LogP contribution in [0.3, 0.4) is 0 Å². The Morgan fingerprint density at radius 3 is 2.42 bits per heavy atom. The first-order valence-corrected chi connectivity index (χ1v) is 9.52. The van der Waals surface area contributed by atoms with E-state index in [1.807, 2.05) is 6.26 Å². The molecule has 0 radical (unpaired) electrons. The second-order valence-electron chi connectivity index (χ2n) is 5.31. The van der Waals surface area contributed by atoms with Crippen molar-refractivity contribution < 1.29 is 23.1 Å². The molecule has 1 atom stereocenters. The number of hydrogen-bond donors (Lipinski definition) is 2. The Morgan fingerprint density at radius 1 is 1.33 bits per heavy atom. The second kappa shape index (κ2) is 10.2. The van der Waals surface area contributed by atoms with Crippen molar-refractivity contribution in [1.29, 1.82) is 0 Å². The molecule has 0 saturated carbocycles. The highest BCUT2D eigenvalue weighted by molar-refractivity contribution is 7.98. The molecule has 1 aromatic carbocycles. The number of nitrogens with zero attached hydrogens (tertiary/aromatic N) is 1. The standard InChI is InChI=1S/C16H22F3NO2S2/c1-24-9-7-14(11-21)20(15(22)6-8-23)10-12-2-4-13(5-3-12)16(17,18)19/h2-5,14,21,23H,6-11H2,1H3/t14-/m0/s1. The summed E-state index contributed by atoms with van der Waals surface area (Å²) in [6.07, 6.45) is -1.60. The SMILES string of the molecule is CSCC[C@@H](CO)N(Cc1ccc(C(F)(F)F)cc1)C(=O)CCS. The number of hydrogen-bond acceptors (Lipinski definition) is 4. The van der Waals surface area contributed by atoms with Crippen molar-refractivity contribution in [1.82, 2.24) is 4.90 Å². The molecular weight excluding hydrogens is 359 g/mol. The highest BCUT2D eigenvalue weighted by atomic mass is 32.2. The van der Waals surface area contributed by atoms with E-state index in [4.69, 9.17) is 0 Å². The maximum absolute atomic E-state index is 12.6. The molecule has 3 nitrogen and oxygen atoms in total. The fraction of sp³-hybridized carbons (Fsp3) is 0.562. The molecule has 0 heterocycles. The molecule has 0 aliphatic heterocycles. The third-order valence-electron chi connectivity index (χ3n) is 3.59. The lowest BCUT2D eigenvalue weighted by atomic mass is 10.1. The van der Waals surface area contributed by atoms with Crippen LogP contribution in [0, 0.1) is 0 Å². The number of halogens is 3. The molecule has 1 aromatic rings. The van der Waals surface area contributed by atoms with Gasteiger partial charge < -0.3 is 10.0 Å². The predicted molar refractivity (Wildman–Crippen MR) is 94.3 cm³/mol. The third-order valence-corrected chi connectivity index (χ3v) is 4.45. The van der Waals surface area contributed by atoms with Crippen LogP contribution in [-0.4, -0.2) is 46.3 Å². The summed E-state index contributed by atoms with van der Waals surface area (Å²) in [7, 11) is 0. The van der Waals surface area contributed by atoms with E-state index in [2.05, 4.69) is 12.6 Å². The minimum absolute atomic E-state index is 0.162. The molecule has 1 amide bonds. The minimum atomic E-state index is -4.38. The fourth-order valence-electron chi connectivity index (χ4n) is 2.26. The van der Waals surface area contributed by atoms with Gasteiger partial charge in [-0.3, -0.25) is 4.79 Å². The number of alkyl halides is 3. The van der Waals surface area contributed by atoms with Crippen LogP contribution in [0.1, 0.15) is 24.0 Å². The van der Waals surface area contributed by atoms with Gasteiger partial charge in [-0.2, -0.15) is 37.6 Å². The van der Waals surface area contributed by atoms with Crippen LogP contribution in [-0.2, 0) is 17.5 Å². The number of benzene rings is 1. The van der Waals surface area contributed by atoms with E-state index in [0.29, 0.717) is 17.7 Å². The Morgan fingerprint density at radius 2 is 1.96 bits per heavy atom. The first-order chi connectivity index (χ1) is 11.3. The van der Waals surface area contributed by atoms with E-state index < -0.39 is 11.7 Å². The van der Waals surface area contributed by atoms with Crippen molar-refractivity contribution in [2.75, 3.05) is 24.4 Å². The van der Waals surface area contributed by atoms with Gasteiger partial charge in [0.2, 0.25) is 5.91 Å². The normalized spacial score (nSPS) is 12.9. The molecule has 136 valence electrons. The summed E-state index contributed by atoms with van der Waals surface area (Å²) >= 11 is 5.66. The topological polar surface area (TPSA) is 40.5 Å². The van der Waals surface area contributed by atoms with E-state index in [-0.39, 0.29) is 31.5 Å². The quantitative estimate of drug-likeness (QED) is 0.644. The molecule has 1 N–H and O–H groups in total. The van der Waals surface area contributed by atoms with Gasteiger partial charge in [0.15, 0.2) is 0 Å². The molecule has 8 heteroatoms. The molecule has 0 fully saturated rings. The van der Waals surface area contributed by atoms with Gasteiger partial charge >= 0.3 is 6.18 Å². The first kappa shape index (κ1) is 21.2. The van der Waals surface area contributed by atoms with Gasteiger partial charge in [-0.15, -0.1) is 0 Å². The summed E-state index contributed by atoms with van der Waals surface area (Å²) in [5.41, 5.74) is -0.126. The number of thioether (sulfide) groups is 1. The number of rotatable bonds is 9. The van der Waals surface area contributed by atoms with Gasteiger partial charge in [0.25, 0.3) is 0 Å². The highest BCUT2D eigenvalue weighted by Crippen LogP contribution is 2.29. The van der Waals surface area contributed by atoms with Gasteiger partial charge in [-0.1, -0.05) is 12.1 Å². The summed E-state index contributed by atoms with van der Waals surface area (Å²) in [4.78, 5) is 13.9. The number of thiol groups is 1. The van der Waals surface area contributed by atoms with Gasteiger partial charge in [0.05, 0.1) is 18.2 Å². The summed E-state index contributed by atoms with van der Waals surface area (Å²) < 4.78 is 37.9. The van der Waals surface area contributed by atoms with E-state index in [9.17, 15) is 23.1 Å². The van der Waals surface area contributed by atoms with E-state index in [1.54, 1.807) is 11.8 Å². The average Bonchev–Trinajstić information content (AvgIpc) is 2.54. The number of aliphatic hydroxyl groups excluding tert-OH is 1. The van der Waals surface area contributed by atoms with E-state index >= 15 is 0 Å². The second-order valence-corrected chi connectivity index (χ2v) is 6.74. The van der Waals surface area contributed by atoms with Crippen molar-refractivity contribution >= 4 is 30.3 Å². The summed E-state index contributed by atoms with van der Waals surface area (Å²) in [6, 6.07) is 4.39. The number of aliphatic hydroxyl groups is 1. The lowest BCUT2D eigenvalue weighted by Gasteiger charge is -2.31. The van der Waals surface area contributed by atoms with Crippen molar-refractivity contribution in [3.05, 3.63) is 35.4 Å². The monoisotopic (exact) mass is 381 g/mol. The van der Waals surface area contributed by atoms with Crippen molar-refractivity contribution in [3.63, 3.8) is 0 Å². The summed E-state index contributed by atoms with van der Waals surface area (Å²) in [6.45, 7) is -0.0101. The van der Waals surface area contributed by atoms with Gasteiger partial charge in [0.1, 0.15) is 0 Å². The molecule has 0 bridgehead atoms. The predicted octanol–water partition coefficient (Wildman–Crippen LogP) is 3.47. The Kier molecular flexibility index (Phi) is 9.01. The van der Waals surface area contributed by atoms with Crippen molar-refractivity contribution in [2.24, 2.45) is 0 Å². The Bertz CT molecular complexity index is 509. The van der Waals surface area contributed by atoms with E-state index in [1.165, 1.54) is 17.0 Å². The third kappa shape index (κ3) is 6.57. The Labute approximate surface area is 150 Å². The zero-order chi connectivity index (χ0) is 18.2. The average molecular weight is 381 g/mol. The van der Waals surface area contributed by atoms with Gasteiger partial charge in [0, 0.05) is 13.0 Å². The lowest BCUT2D eigenvalue weighted by Crippen LogP contribution is -2.42. The molecule has 0 aliphatic rings. The number of amides is 1. The molecule has 0 aromatic heterocycles. The van der Waals surface area contributed by atoms with Crippen LogP contribution in [0.5, 0.6) is 0 Å². The van der Waals surface area contributed by atoms with Crippen LogP contribution >= 0.6 is 24.4 Å². The van der Waals surface area contributed by atoms with Gasteiger partial charge in [-0.25, -0.2) is 0 Å². The zero-order valence-electron chi connectivity index (χ0n) is 13.4. The maximum atomic E-state index is 12.6. The van der Waals surface area contributed by atoms with Crippen LogP contribution in [0.4, 0.5) is 13.2 Å². The Balaban J connectivity index is 2.92. The molecule has 0 saturated heterocycles. The zero-order valence-corrected chi connectivity index (χ0v) is 15.1. The lowest BCUT2D eigenvalue weighted by molar-refractivity contribution is -0.138. The fourth-order valence-corrected chi connectivity index (χ4v) is 2.95. The van der Waals surface area contributed by atoms with Crippen LogP contribution in [0.15, 0.2) is 24.3 Å².